The number of nitro benzene ring substituents is 1. The van der Waals surface area contributed by atoms with Crippen molar-refractivity contribution in [3.8, 4) is 5.69 Å². The molecular weight excluding hydrogens is 394 g/mol. The van der Waals surface area contributed by atoms with Crippen LogP contribution in [0.2, 0.25) is 0 Å². The van der Waals surface area contributed by atoms with E-state index in [1.165, 1.54) is 24.3 Å². The molecule has 0 aliphatic rings. The minimum atomic E-state index is -0.472. The summed E-state index contributed by atoms with van der Waals surface area (Å²) in [5.41, 5.74) is 5.40. The van der Waals surface area contributed by atoms with Gasteiger partial charge in [0.05, 0.1) is 10.6 Å². The Hall–Kier alpha value is -4.33. The van der Waals surface area contributed by atoms with Crippen LogP contribution in [0.15, 0.2) is 66.7 Å². The molecule has 0 bridgehead atoms. The Bertz CT molecular complexity index is 1320. The SMILES string of the molecule is Cc1ccc(-n2nc3cc(C)c(NC(=O)/C=C/c4cccc([N+](=O)[O-])c4)cc3n2)cc1. The molecule has 0 saturated carbocycles. The number of fused-ring (bicyclic) bond motifs is 1. The van der Waals surface area contributed by atoms with Crippen molar-refractivity contribution in [3.05, 3.63) is 93.5 Å². The number of nitro groups is 1. The van der Waals surface area contributed by atoms with Crippen LogP contribution in [0.25, 0.3) is 22.8 Å². The first-order valence-electron chi connectivity index (χ1n) is 9.57. The van der Waals surface area contributed by atoms with E-state index in [0.29, 0.717) is 16.8 Å². The van der Waals surface area contributed by atoms with Crippen LogP contribution in [-0.2, 0) is 4.79 Å². The van der Waals surface area contributed by atoms with Gasteiger partial charge in [-0.25, -0.2) is 0 Å². The Morgan fingerprint density at radius 3 is 2.45 bits per heavy atom. The van der Waals surface area contributed by atoms with Gasteiger partial charge in [0.25, 0.3) is 5.69 Å². The number of rotatable bonds is 5. The lowest BCUT2D eigenvalue weighted by Gasteiger charge is -2.05. The third kappa shape index (κ3) is 4.48. The maximum Gasteiger partial charge on any atom is 0.270 e. The second-order valence-electron chi connectivity index (χ2n) is 7.16. The molecule has 3 aromatic carbocycles. The van der Waals surface area contributed by atoms with E-state index in [2.05, 4.69) is 15.5 Å². The Labute approximate surface area is 178 Å². The third-order valence-corrected chi connectivity index (χ3v) is 4.76. The van der Waals surface area contributed by atoms with Crippen LogP contribution in [0.3, 0.4) is 0 Å². The van der Waals surface area contributed by atoms with Crippen LogP contribution in [0.5, 0.6) is 0 Å². The van der Waals surface area contributed by atoms with Gasteiger partial charge in [0.15, 0.2) is 0 Å². The number of carbonyl (C=O) groups is 1. The molecule has 0 aliphatic carbocycles. The molecule has 0 spiro atoms. The van der Waals surface area contributed by atoms with Crippen molar-refractivity contribution in [1.82, 2.24) is 15.0 Å². The summed E-state index contributed by atoms with van der Waals surface area (Å²) in [6.45, 7) is 3.90. The van der Waals surface area contributed by atoms with Gasteiger partial charge in [-0.3, -0.25) is 14.9 Å². The zero-order valence-corrected chi connectivity index (χ0v) is 16.9. The number of nitrogens with zero attached hydrogens (tertiary/aromatic N) is 4. The smallest absolute Gasteiger partial charge is 0.270 e. The van der Waals surface area contributed by atoms with Crippen molar-refractivity contribution in [2.75, 3.05) is 5.32 Å². The molecule has 1 aromatic heterocycles. The molecule has 0 atom stereocenters. The molecule has 1 heterocycles. The van der Waals surface area contributed by atoms with Crippen molar-refractivity contribution in [3.63, 3.8) is 0 Å². The zero-order valence-electron chi connectivity index (χ0n) is 16.9. The van der Waals surface area contributed by atoms with E-state index in [1.807, 2.05) is 44.2 Å². The standard InChI is InChI=1S/C23H19N5O3/c1-15-6-9-18(10-7-15)27-25-21-12-16(2)20(14-22(21)26-27)24-23(29)11-8-17-4-3-5-19(13-17)28(30)31/h3-14H,1-2H3,(H,24,29)/b11-8+. The quantitative estimate of drug-likeness (QED) is 0.293. The monoisotopic (exact) mass is 413 g/mol. The molecule has 1 N–H and O–H groups in total. The average molecular weight is 413 g/mol. The molecule has 8 heteroatoms. The predicted molar refractivity (Wildman–Crippen MR) is 119 cm³/mol. The number of aryl methyl sites for hydroxylation is 2. The number of hydrogen-bond donors (Lipinski definition) is 1. The molecular formula is C23H19N5O3. The topological polar surface area (TPSA) is 103 Å². The van der Waals surface area contributed by atoms with Gasteiger partial charge in [-0.1, -0.05) is 29.8 Å². The highest BCUT2D eigenvalue weighted by atomic mass is 16.6. The number of amides is 1. The highest BCUT2D eigenvalue weighted by Crippen LogP contribution is 2.22. The number of hydrogen-bond acceptors (Lipinski definition) is 5. The van der Waals surface area contributed by atoms with E-state index < -0.39 is 4.92 Å². The zero-order chi connectivity index (χ0) is 22.0. The molecule has 1 amide bonds. The normalized spacial score (nSPS) is 11.2. The fourth-order valence-corrected chi connectivity index (χ4v) is 3.08. The maximum absolute atomic E-state index is 12.4. The molecule has 31 heavy (non-hydrogen) atoms. The molecule has 0 aliphatic heterocycles. The van der Waals surface area contributed by atoms with Crippen LogP contribution in [-0.4, -0.2) is 25.8 Å². The van der Waals surface area contributed by atoms with Crippen molar-refractivity contribution in [1.29, 1.82) is 0 Å². The summed E-state index contributed by atoms with van der Waals surface area (Å²) in [4.78, 5) is 24.3. The summed E-state index contributed by atoms with van der Waals surface area (Å²) in [5, 5.41) is 22.7. The fraction of sp³-hybridized carbons (Fsp3) is 0.0870. The lowest BCUT2D eigenvalue weighted by Crippen LogP contribution is -2.08. The van der Waals surface area contributed by atoms with E-state index >= 15 is 0 Å². The first-order valence-corrected chi connectivity index (χ1v) is 9.57. The summed E-state index contributed by atoms with van der Waals surface area (Å²) in [5.74, 6) is -0.347. The Morgan fingerprint density at radius 1 is 1.03 bits per heavy atom. The van der Waals surface area contributed by atoms with Crippen molar-refractivity contribution < 1.29 is 9.72 Å². The van der Waals surface area contributed by atoms with Crippen LogP contribution in [0, 0.1) is 24.0 Å². The number of nitrogens with one attached hydrogen (secondary N) is 1. The van der Waals surface area contributed by atoms with Crippen molar-refractivity contribution in [2.45, 2.75) is 13.8 Å². The molecule has 0 saturated heterocycles. The number of benzene rings is 3. The summed E-state index contributed by atoms with van der Waals surface area (Å²) < 4.78 is 0. The Morgan fingerprint density at radius 2 is 1.74 bits per heavy atom. The van der Waals surface area contributed by atoms with E-state index in [-0.39, 0.29) is 11.6 Å². The van der Waals surface area contributed by atoms with Gasteiger partial charge in [0.1, 0.15) is 11.0 Å². The highest BCUT2D eigenvalue weighted by molar-refractivity contribution is 6.03. The van der Waals surface area contributed by atoms with Gasteiger partial charge in [-0.2, -0.15) is 4.80 Å². The fourth-order valence-electron chi connectivity index (χ4n) is 3.08. The largest absolute Gasteiger partial charge is 0.322 e. The van der Waals surface area contributed by atoms with E-state index in [0.717, 1.165) is 22.3 Å². The van der Waals surface area contributed by atoms with Gasteiger partial charge in [0.2, 0.25) is 5.91 Å². The molecule has 4 rings (SSSR count). The molecule has 4 aromatic rings. The maximum atomic E-state index is 12.4. The summed E-state index contributed by atoms with van der Waals surface area (Å²) >= 11 is 0. The van der Waals surface area contributed by atoms with Gasteiger partial charge in [0, 0.05) is 23.9 Å². The third-order valence-electron chi connectivity index (χ3n) is 4.76. The number of anilines is 1. The summed E-state index contributed by atoms with van der Waals surface area (Å²) in [6.07, 6.45) is 2.87. The van der Waals surface area contributed by atoms with Crippen LogP contribution >= 0.6 is 0 Å². The van der Waals surface area contributed by atoms with E-state index in [1.54, 1.807) is 23.0 Å². The average Bonchev–Trinajstić information content (AvgIpc) is 3.16. The number of non-ortho nitro benzene ring substituents is 1. The minimum absolute atomic E-state index is 0.0273. The molecule has 0 fully saturated rings. The van der Waals surface area contributed by atoms with E-state index in [9.17, 15) is 14.9 Å². The predicted octanol–water partition coefficient (Wildman–Crippen LogP) is 4.60. The van der Waals surface area contributed by atoms with Crippen molar-refractivity contribution in [2.24, 2.45) is 0 Å². The van der Waals surface area contributed by atoms with Crippen LogP contribution < -0.4 is 5.32 Å². The second kappa shape index (κ2) is 8.19. The molecule has 8 nitrogen and oxygen atoms in total. The van der Waals surface area contributed by atoms with Crippen molar-refractivity contribution >= 4 is 34.4 Å². The molecule has 0 radical (unpaired) electrons. The Kier molecular flexibility index (Phi) is 5.28. The second-order valence-corrected chi connectivity index (χ2v) is 7.16. The Balaban J connectivity index is 1.54. The van der Waals surface area contributed by atoms with Crippen LogP contribution in [0.1, 0.15) is 16.7 Å². The number of carbonyl (C=O) groups excluding carboxylic acids is 1. The van der Waals surface area contributed by atoms with Gasteiger partial charge < -0.3 is 5.32 Å². The minimum Gasteiger partial charge on any atom is -0.322 e. The lowest BCUT2D eigenvalue weighted by molar-refractivity contribution is -0.384. The first kappa shape index (κ1) is 20.0. The lowest BCUT2D eigenvalue weighted by atomic mass is 10.1. The van der Waals surface area contributed by atoms with Gasteiger partial charge in [-0.05, 0) is 55.3 Å². The van der Waals surface area contributed by atoms with Gasteiger partial charge >= 0.3 is 0 Å². The molecule has 0 unspecified atom stereocenters. The highest BCUT2D eigenvalue weighted by Gasteiger charge is 2.10. The summed E-state index contributed by atoms with van der Waals surface area (Å²) in [6, 6.07) is 17.6. The van der Waals surface area contributed by atoms with E-state index in [4.69, 9.17) is 0 Å². The summed E-state index contributed by atoms with van der Waals surface area (Å²) in [7, 11) is 0. The number of aromatic nitrogens is 3. The van der Waals surface area contributed by atoms with Crippen LogP contribution in [0.4, 0.5) is 11.4 Å². The van der Waals surface area contributed by atoms with Gasteiger partial charge in [-0.15, -0.1) is 10.2 Å². The first-order chi connectivity index (χ1) is 14.9. The molecule has 154 valence electrons.